The lowest BCUT2D eigenvalue weighted by Gasteiger charge is -2.45. The summed E-state index contributed by atoms with van der Waals surface area (Å²) in [6.07, 6.45) is 0. The molecule has 1 spiro atoms. The molecule has 0 radical (unpaired) electrons. The molecule has 12 aromatic rings. The van der Waals surface area contributed by atoms with Gasteiger partial charge in [-0.15, -0.1) is 0 Å². The average Bonchev–Trinajstić information content (AvgIpc) is 3.80. The molecule has 0 unspecified atom stereocenters. The SMILES string of the molecule is c1ccc(-c2ccc(-c3ccc(N(c4cccc(-c5cccc6c5Oc5ccccc5C65c6ccccc6Oc6ccccc65)c4)c4ccc5oc6c7ccccc7ccc6c5c4)cc3)cc2)cc1. The molecule has 69 heavy (non-hydrogen) atoms. The molecule has 14 rings (SSSR count). The van der Waals surface area contributed by atoms with Crippen LogP contribution in [0.1, 0.15) is 22.3 Å². The molecule has 2 aliphatic heterocycles. The molecule has 0 N–H and O–H groups in total. The minimum atomic E-state index is -0.688. The van der Waals surface area contributed by atoms with E-state index in [1.54, 1.807) is 0 Å². The molecule has 4 heteroatoms. The maximum absolute atomic E-state index is 7.12. The maximum atomic E-state index is 7.12. The molecule has 3 heterocycles. The Morgan fingerprint density at radius 1 is 0.319 bits per heavy atom. The molecule has 0 amide bonds. The van der Waals surface area contributed by atoms with Crippen molar-refractivity contribution in [1.29, 1.82) is 0 Å². The summed E-state index contributed by atoms with van der Waals surface area (Å²) in [5.74, 6) is 3.33. The van der Waals surface area contributed by atoms with Crippen molar-refractivity contribution in [1.82, 2.24) is 0 Å². The van der Waals surface area contributed by atoms with Crippen molar-refractivity contribution in [2.45, 2.75) is 5.41 Å². The fourth-order valence-electron chi connectivity index (χ4n) is 11.0. The van der Waals surface area contributed by atoms with Crippen molar-refractivity contribution < 1.29 is 13.9 Å². The highest BCUT2D eigenvalue weighted by molar-refractivity contribution is 6.15. The second kappa shape index (κ2) is 15.5. The van der Waals surface area contributed by atoms with Crippen molar-refractivity contribution in [2.75, 3.05) is 4.90 Å². The average molecular weight is 884 g/mol. The van der Waals surface area contributed by atoms with Crippen molar-refractivity contribution in [3.05, 3.63) is 271 Å². The number of nitrogens with zero attached hydrogens (tertiary/aromatic N) is 1. The first-order valence-corrected chi connectivity index (χ1v) is 23.5. The molecule has 1 aromatic heterocycles. The number of furan rings is 1. The normalized spacial score (nSPS) is 13.0. The van der Waals surface area contributed by atoms with E-state index in [2.05, 4.69) is 241 Å². The van der Waals surface area contributed by atoms with E-state index in [0.717, 1.165) is 117 Å². The molecule has 324 valence electrons. The summed E-state index contributed by atoms with van der Waals surface area (Å²) in [5, 5.41) is 4.42. The minimum Gasteiger partial charge on any atom is -0.457 e. The van der Waals surface area contributed by atoms with Gasteiger partial charge in [0.1, 0.15) is 34.2 Å². The second-order valence-corrected chi connectivity index (χ2v) is 17.9. The van der Waals surface area contributed by atoms with Gasteiger partial charge in [-0.2, -0.15) is 0 Å². The van der Waals surface area contributed by atoms with Crippen LogP contribution in [0.15, 0.2) is 253 Å². The molecule has 4 nitrogen and oxygen atoms in total. The topological polar surface area (TPSA) is 34.8 Å². The van der Waals surface area contributed by atoms with Crippen molar-refractivity contribution in [3.8, 4) is 56.4 Å². The highest BCUT2D eigenvalue weighted by Crippen LogP contribution is 2.62. The number of rotatable bonds is 6. The van der Waals surface area contributed by atoms with E-state index in [9.17, 15) is 0 Å². The maximum Gasteiger partial charge on any atom is 0.143 e. The van der Waals surface area contributed by atoms with Gasteiger partial charge in [-0.1, -0.05) is 182 Å². The van der Waals surface area contributed by atoms with E-state index in [-0.39, 0.29) is 0 Å². The zero-order chi connectivity index (χ0) is 45.5. The lowest BCUT2D eigenvalue weighted by molar-refractivity contribution is 0.400. The van der Waals surface area contributed by atoms with Crippen LogP contribution >= 0.6 is 0 Å². The molecular formula is C65H41NO3. The molecule has 0 saturated heterocycles. The van der Waals surface area contributed by atoms with Gasteiger partial charge in [0, 0.05) is 61.0 Å². The van der Waals surface area contributed by atoms with Crippen LogP contribution in [-0.4, -0.2) is 0 Å². The number of ether oxygens (including phenoxy) is 2. The summed E-state index contributed by atoms with van der Waals surface area (Å²) in [5.41, 5.74) is 15.2. The van der Waals surface area contributed by atoms with Gasteiger partial charge in [-0.25, -0.2) is 0 Å². The second-order valence-electron chi connectivity index (χ2n) is 17.9. The third-order valence-corrected chi connectivity index (χ3v) is 14.2. The first kappa shape index (κ1) is 39.1. The Balaban J connectivity index is 0.931. The number of hydrogen-bond acceptors (Lipinski definition) is 4. The summed E-state index contributed by atoms with van der Waals surface area (Å²) in [6, 6.07) is 88.4. The number of hydrogen-bond donors (Lipinski definition) is 0. The third kappa shape index (κ3) is 6.09. The summed E-state index contributed by atoms with van der Waals surface area (Å²) in [7, 11) is 0. The fraction of sp³-hybridized carbons (Fsp3) is 0.0154. The smallest absolute Gasteiger partial charge is 0.143 e. The lowest BCUT2D eigenvalue weighted by atomic mass is 9.62. The molecular weight excluding hydrogens is 843 g/mol. The van der Waals surface area contributed by atoms with Crippen LogP contribution in [0.3, 0.4) is 0 Å². The van der Waals surface area contributed by atoms with Crippen molar-refractivity contribution in [2.24, 2.45) is 0 Å². The van der Waals surface area contributed by atoms with E-state index >= 15 is 0 Å². The molecule has 0 fully saturated rings. The quantitative estimate of drug-likeness (QED) is 0.167. The number of fused-ring (bicyclic) bond motifs is 13. The molecule has 11 aromatic carbocycles. The number of anilines is 3. The molecule has 0 atom stereocenters. The largest absolute Gasteiger partial charge is 0.457 e. The fourth-order valence-corrected chi connectivity index (χ4v) is 11.0. The Morgan fingerprint density at radius 2 is 0.855 bits per heavy atom. The van der Waals surface area contributed by atoms with E-state index in [0.29, 0.717) is 0 Å². The van der Waals surface area contributed by atoms with E-state index in [1.807, 2.05) is 12.1 Å². The van der Waals surface area contributed by atoms with Gasteiger partial charge in [0.15, 0.2) is 0 Å². The van der Waals surface area contributed by atoms with Crippen LogP contribution in [0.4, 0.5) is 17.1 Å². The van der Waals surface area contributed by atoms with Gasteiger partial charge in [0.25, 0.3) is 0 Å². The predicted molar refractivity (Wildman–Crippen MR) is 281 cm³/mol. The summed E-state index contributed by atoms with van der Waals surface area (Å²) < 4.78 is 20.4. The van der Waals surface area contributed by atoms with Crippen LogP contribution in [0, 0.1) is 0 Å². The van der Waals surface area contributed by atoms with Gasteiger partial charge < -0.3 is 18.8 Å². The zero-order valence-electron chi connectivity index (χ0n) is 37.3. The van der Waals surface area contributed by atoms with Crippen LogP contribution in [0.2, 0.25) is 0 Å². The van der Waals surface area contributed by atoms with Gasteiger partial charge in [0.05, 0.1) is 5.41 Å². The monoisotopic (exact) mass is 883 g/mol. The van der Waals surface area contributed by atoms with Crippen LogP contribution in [0.25, 0.3) is 66.1 Å². The Labute approximate surface area is 399 Å². The Hall–Kier alpha value is -9.12. The standard InChI is InChI=1S/C65H41NO3/c1-2-14-42(15-3-1)43-28-30-44(31-29-43)45-32-35-48(36-33-45)66(50-37-39-59-54(41-50)53-38-34-46-16-4-5-19-51(46)63(53)68-59)49-18-12-17-47(40-49)52-20-13-24-58-64(52)69-62-27-11-8-23-57(62)65(58)55-21-6-9-25-60(55)67-61-26-10-7-22-56(61)65/h1-41H. The molecule has 0 saturated carbocycles. The summed E-state index contributed by atoms with van der Waals surface area (Å²) in [6.45, 7) is 0. The summed E-state index contributed by atoms with van der Waals surface area (Å²) >= 11 is 0. The zero-order valence-corrected chi connectivity index (χ0v) is 37.3. The molecule has 0 bridgehead atoms. The molecule has 2 aliphatic rings. The number of para-hydroxylation sites is 4. The Morgan fingerprint density at radius 3 is 1.57 bits per heavy atom. The van der Waals surface area contributed by atoms with Gasteiger partial charge in [-0.3, -0.25) is 0 Å². The van der Waals surface area contributed by atoms with Gasteiger partial charge in [0.2, 0.25) is 0 Å². The predicted octanol–water partition coefficient (Wildman–Crippen LogP) is 17.8. The highest BCUT2D eigenvalue weighted by atomic mass is 16.5. The lowest BCUT2D eigenvalue weighted by Crippen LogP contribution is -2.36. The van der Waals surface area contributed by atoms with E-state index < -0.39 is 5.41 Å². The Kier molecular flexibility index (Phi) is 8.77. The van der Waals surface area contributed by atoms with Crippen LogP contribution in [0.5, 0.6) is 23.0 Å². The van der Waals surface area contributed by atoms with Crippen LogP contribution < -0.4 is 14.4 Å². The minimum absolute atomic E-state index is 0.688. The van der Waals surface area contributed by atoms with Crippen molar-refractivity contribution >= 4 is 49.8 Å². The Bertz CT molecular complexity index is 3900. The highest BCUT2D eigenvalue weighted by Gasteiger charge is 2.50. The van der Waals surface area contributed by atoms with E-state index in [4.69, 9.17) is 13.9 Å². The van der Waals surface area contributed by atoms with Gasteiger partial charge in [-0.05, 0) is 99.9 Å². The first-order valence-electron chi connectivity index (χ1n) is 23.5. The van der Waals surface area contributed by atoms with Crippen molar-refractivity contribution in [3.63, 3.8) is 0 Å². The molecule has 0 aliphatic carbocycles. The van der Waals surface area contributed by atoms with Gasteiger partial charge >= 0.3 is 0 Å². The van der Waals surface area contributed by atoms with Crippen LogP contribution in [-0.2, 0) is 5.41 Å². The number of benzene rings is 11. The first-order chi connectivity index (χ1) is 34.2. The van der Waals surface area contributed by atoms with E-state index in [1.165, 1.54) is 11.1 Å². The third-order valence-electron chi connectivity index (χ3n) is 14.2. The summed E-state index contributed by atoms with van der Waals surface area (Å²) in [4.78, 5) is 2.35.